The van der Waals surface area contributed by atoms with E-state index in [1.54, 1.807) is 48.2 Å². The molecule has 0 unspecified atom stereocenters. The van der Waals surface area contributed by atoms with Crippen LogP contribution < -0.4 is 5.32 Å². The highest BCUT2D eigenvalue weighted by Gasteiger charge is 2.13. The number of ether oxygens (including phenoxy) is 1. The van der Waals surface area contributed by atoms with Gasteiger partial charge in [-0.1, -0.05) is 12.1 Å². The standard InChI is InChI=1S/C18H17NO4S/c1-12(20)15-5-3-4-6-16(15)19-17(21)11-23-18(22)13-7-9-14(24-2)10-8-13/h3-10H,11H2,1-2H3,(H,19,21). The van der Waals surface area contributed by atoms with Gasteiger partial charge in [0.05, 0.1) is 11.3 Å². The summed E-state index contributed by atoms with van der Waals surface area (Å²) in [6, 6.07) is 13.6. The number of benzene rings is 2. The lowest BCUT2D eigenvalue weighted by atomic mass is 10.1. The molecule has 0 aromatic heterocycles. The Morgan fingerprint density at radius 1 is 1.04 bits per heavy atom. The lowest BCUT2D eigenvalue weighted by Gasteiger charge is -2.09. The Kier molecular flexibility index (Phi) is 6.14. The van der Waals surface area contributed by atoms with Crippen LogP contribution in [-0.2, 0) is 9.53 Å². The van der Waals surface area contributed by atoms with E-state index in [4.69, 9.17) is 4.74 Å². The first-order chi connectivity index (χ1) is 11.5. The van der Waals surface area contributed by atoms with Crippen LogP contribution >= 0.6 is 11.8 Å². The molecule has 2 rings (SSSR count). The van der Waals surface area contributed by atoms with Gasteiger partial charge in [0.25, 0.3) is 5.91 Å². The highest BCUT2D eigenvalue weighted by atomic mass is 32.2. The van der Waals surface area contributed by atoms with E-state index >= 15 is 0 Å². The highest BCUT2D eigenvalue weighted by Crippen LogP contribution is 2.16. The molecule has 2 aromatic rings. The number of nitrogens with one attached hydrogen (secondary N) is 1. The number of anilines is 1. The molecule has 0 radical (unpaired) electrons. The van der Waals surface area contributed by atoms with Crippen molar-refractivity contribution in [1.29, 1.82) is 0 Å². The molecule has 0 atom stereocenters. The van der Waals surface area contributed by atoms with Crippen molar-refractivity contribution in [2.24, 2.45) is 0 Å². The predicted molar refractivity (Wildman–Crippen MR) is 93.6 cm³/mol. The third-order valence-corrected chi connectivity index (χ3v) is 3.98. The summed E-state index contributed by atoms with van der Waals surface area (Å²) in [6.07, 6.45) is 1.94. The number of para-hydroxylation sites is 1. The van der Waals surface area contributed by atoms with Crippen molar-refractivity contribution < 1.29 is 19.1 Å². The van der Waals surface area contributed by atoms with Crippen molar-refractivity contribution in [3.8, 4) is 0 Å². The summed E-state index contributed by atoms with van der Waals surface area (Å²) in [6.45, 7) is 0.999. The number of hydrogen-bond donors (Lipinski definition) is 1. The molecule has 0 bridgehead atoms. The third kappa shape index (κ3) is 4.70. The lowest BCUT2D eigenvalue weighted by molar-refractivity contribution is -0.119. The monoisotopic (exact) mass is 343 g/mol. The summed E-state index contributed by atoms with van der Waals surface area (Å²) < 4.78 is 4.99. The molecule has 0 saturated heterocycles. The number of Topliss-reactive ketones (excluding diaryl/α,β-unsaturated/α-hetero) is 1. The Bertz CT molecular complexity index is 756. The molecule has 0 saturated carbocycles. The second-order valence-corrected chi connectivity index (χ2v) is 5.83. The van der Waals surface area contributed by atoms with Crippen LogP contribution in [0.2, 0.25) is 0 Å². The average Bonchev–Trinajstić information content (AvgIpc) is 2.60. The number of carbonyl (C=O) groups excluding carboxylic acids is 3. The maximum Gasteiger partial charge on any atom is 0.338 e. The van der Waals surface area contributed by atoms with Crippen LogP contribution in [0.15, 0.2) is 53.4 Å². The summed E-state index contributed by atoms with van der Waals surface area (Å²) in [5.41, 5.74) is 1.19. The quantitative estimate of drug-likeness (QED) is 0.494. The Morgan fingerprint density at radius 2 is 1.71 bits per heavy atom. The van der Waals surface area contributed by atoms with Crippen molar-refractivity contribution in [3.63, 3.8) is 0 Å². The van der Waals surface area contributed by atoms with E-state index < -0.39 is 18.5 Å². The van der Waals surface area contributed by atoms with Crippen LogP contribution in [0.25, 0.3) is 0 Å². The molecular formula is C18H17NO4S. The Morgan fingerprint density at radius 3 is 2.33 bits per heavy atom. The fraction of sp³-hybridized carbons (Fsp3) is 0.167. The summed E-state index contributed by atoms with van der Waals surface area (Å²) in [4.78, 5) is 36.4. The van der Waals surface area contributed by atoms with Gasteiger partial charge in [-0.15, -0.1) is 11.8 Å². The normalized spacial score (nSPS) is 10.1. The van der Waals surface area contributed by atoms with Gasteiger partial charge in [-0.25, -0.2) is 4.79 Å². The average molecular weight is 343 g/mol. The van der Waals surface area contributed by atoms with Crippen LogP contribution in [0.5, 0.6) is 0 Å². The van der Waals surface area contributed by atoms with Gasteiger partial charge in [-0.05, 0) is 49.6 Å². The molecule has 0 heterocycles. The molecule has 0 aliphatic heterocycles. The Balaban J connectivity index is 1.93. The summed E-state index contributed by atoms with van der Waals surface area (Å²) in [5, 5.41) is 2.58. The van der Waals surface area contributed by atoms with E-state index in [1.165, 1.54) is 6.92 Å². The lowest BCUT2D eigenvalue weighted by Crippen LogP contribution is -2.22. The van der Waals surface area contributed by atoms with Gasteiger partial charge in [0, 0.05) is 10.5 Å². The van der Waals surface area contributed by atoms with Crippen LogP contribution in [0, 0.1) is 0 Å². The van der Waals surface area contributed by atoms with E-state index in [-0.39, 0.29) is 5.78 Å². The van der Waals surface area contributed by atoms with Gasteiger partial charge in [-0.3, -0.25) is 9.59 Å². The predicted octanol–water partition coefficient (Wildman–Crippen LogP) is 3.41. The molecule has 0 aliphatic carbocycles. The third-order valence-electron chi connectivity index (χ3n) is 3.24. The van der Waals surface area contributed by atoms with Gasteiger partial charge in [0.15, 0.2) is 12.4 Å². The zero-order chi connectivity index (χ0) is 17.5. The minimum atomic E-state index is -0.572. The Hall–Kier alpha value is -2.60. The van der Waals surface area contributed by atoms with E-state index in [0.717, 1.165) is 4.90 Å². The van der Waals surface area contributed by atoms with Crippen molar-refractivity contribution in [1.82, 2.24) is 0 Å². The second kappa shape index (κ2) is 8.31. The number of thioether (sulfide) groups is 1. The number of rotatable bonds is 6. The van der Waals surface area contributed by atoms with Crippen molar-refractivity contribution >= 4 is 35.1 Å². The SMILES string of the molecule is CSc1ccc(C(=O)OCC(=O)Nc2ccccc2C(C)=O)cc1. The molecule has 2 aromatic carbocycles. The number of amides is 1. The van der Waals surface area contributed by atoms with Crippen LogP contribution in [0.1, 0.15) is 27.6 Å². The highest BCUT2D eigenvalue weighted by molar-refractivity contribution is 7.98. The minimum Gasteiger partial charge on any atom is -0.452 e. The molecule has 0 fully saturated rings. The van der Waals surface area contributed by atoms with Gasteiger partial charge < -0.3 is 10.1 Å². The number of carbonyl (C=O) groups is 3. The molecule has 124 valence electrons. The molecule has 1 amide bonds. The molecule has 6 heteroatoms. The van der Waals surface area contributed by atoms with E-state index in [9.17, 15) is 14.4 Å². The molecule has 5 nitrogen and oxygen atoms in total. The molecular weight excluding hydrogens is 326 g/mol. The summed E-state index contributed by atoms with van der Waals surface area (Å²) >= 11 is 1.57. The second-order valence-electron chi connectivity index (χ2n) is 4.95. The fourth-order valence-corrected chi connectivity index (χ4v) is 2.44. The zero-order valence-electron chi connectivity index (χ0n) is 13.4. The number of hydrogen-bond acceptors (Lipinski definition) is 5. The van der Waals surface area contributed by atoms with E-state index in [2.05, 4.69) is 5.32 Å². The van der Waals surface area contributed by atoms with Crippen molar-refractivity contribution in [2.45, 2.75) is 11.8 Å². The fourth-order valence-electron chi connectivity index (χ4n) is 2.03. The maximum absolute atomic E-state index is 11.9. The number of ketones is 1. The number of esters is 1. The van der Waals surface area contributed by atoms with Crippen molar-refractivity contribution in [3.05, 3.63) is 59.7 Å². The smallest absolute Gasteiger partial charge is 0.338 e. The largest absolute Gasteiger partial charge is 0.452 e. The van der Waals surface area contributed by atoms with Crippen LogP contribution in [-0.4, -0.2) is 30.5 Å². The van der Waals surface area contributed by atoms with Crippen molar-refractivity contribution in [2.75, 3.05) is 18.2 Å². The van der Waals surface area contributed by atoms with Gasteiger partial charge in [0.1, 0.15) is 0 Å². The van der Waals surface area contributed by atoms with E-state index in [0.29, 0.717) is 16.8 Å². The first kappa shape index (κ1) is 17.7. The van der Waals surface area contributed by atoms with Gasteiger partial charge >= 0.3 is 5.97 Å². The van der Waals surface area contributed by atoms with Crippen LogP contribution in [0.3, 0.4) is 0 Å². The van der Waals surface area contributed by atoms with Gasteiger partial charge in [-0.2, -0.15) is 0 Å². The van der Waals surface area contributed by atoms with Gasteiger partial charge in [0.2, 0.25) is 0 Å². The molecule has 24 heavy (non-hydrogen) atoms. The molecule has 1 N–H and O–H groups in total. The minimum absolute atomic E-state index is 0.156. The first-order valence-electron chi connectivity index (χ1n) is 7.22. The maximum atomic E-state index is 11.9. The molecule has 0 spiro atoms. The topological polar surface area (TPSA) is 72.5 Å². The summed E-state index contributed by atoms with van der Waals surface area (Å²) in [7, 11) is 0. The first-order valence-corrected chi connectivity index (χ1v) is 8.44. The van der Waals surface area contributed by atoms with E-state index in [1.807, 2.05) is 18.4 Å². The van der Waals surface area contributed by atoms with Crippen LogP contribution in [0.4, 0.5) is 5.69 Å². The molecule has 0 aliphatic rings. The summed E-state index contributed by atoms with van der Waals surface area (Å²) in [5.74, 6) is -1.23. The zero-order valence-corrected chi connectivity index (χ0v) is 14.2. The Labute approximate surface area is 144 Å².